The summed E-state index contributed by atoms with van der Waals surface area (Å²) in [5.74, 6) is 0. The summed E-state index contributed by atoms with van der Waals surface area (Å²) in [4.78, 5) is 4.89. The van der Waals surface area contributed by atoms with Gasteiger partial charge in [0.15, 0.2) is 0 Å². The van der Waals surface area contributed by atoms with E-state index < -0.39 is 20.0 Å². The van der Waals surface area contributed by atoms with E-state index in [1.807, 2.05) is 108 Å². The third-order valence-corrected chi connectivity index (χ3v) is 14.2. The number of aryl methyl sites for hydroxylation is 2. The maximum Gasteiger partial charge on any atom is 0.243 e. The van der Waals surface area contributed by atoms with Gasteiger partial charge in [0.2, 0.25) is 20.0 Å². The number of nitrogens with zero attached hydrogens (tertiary/aromatic N) is 2. The molecular formula is C34H34N2O4S6. The smallest absolute Gasteiger partial charge is 0.207 e. The molecule has 0 amide bonds. The Morgan fingerprint density at radius 1 is 0.478 bits per heavy atom. The van der Waals surface area contributed by atoms with Crippen LogP contribution in [0, 0.1) is 13.8 Å². The second kappa shape index (κ2) is 15.8. The molecular weight excluding hydrogens is 693 g/mol. The summed E-state index contributed by atoms with van der Waals surface area (Å²) < 4.78 is 55.5. The van der Waals surface area contributed by atoms with Crippen molar-refractivity contribution in [2.75, 3.05) is 0 Å². The molecule has 6 rings (SSSR count). The normalized spacial score (nSPS) is 11.9. The van der Waals surface area contributed by atoms with Crippen LogP contribution in [0.15, 0.2) is 128 Å². The highest BCUT2D eigenvalue weighted by atomic mass is 32.2. The minimum absolute atomic E-state index is 0.344. The highest BCUT2D eigenvalue weighted by Gasteiger charge is 2.27. The third-order valence-electron chi connectivity index (χ3n) is 7.02. The van der Waals surface area contributed by atoms with Gasteiger partial charge in [0.05, 0.1) is 9.79 Å². The molecule has 6 aromatic rings. The predicted octanol–water partition coefficient (Wildman–Crippen LogP) is 9.02. The standard InChI is InChI=1S/2C17H17NO2S3/c1-14-6-8-17(9-7-14)23(19,20)18(12-15-4-2-10-21-15)13-16-5-3-11-22-16;1-14-6-2-3-9-17(14)23(19,20)18(12-15-7-4-10-21-15)13-16-8-5-11-22-16/h2*2-11H,12-13H2,1H3. The molecule has 0 aliphatic rings. The van der Waals surface area contributed by atoms with Crippen molar-refractivity contribution in [3.63, 3.8) is 0 Å². The molecule has 4 heterocycles. The second-order valence-electron chi connectivity index (χ2n) is 10.4. The molecule has 0 aliphatic heterocycles. The number of hydrogen-bond donors (Lipinski definition) is 0. The Morgan fingerprint density at radius 2 is 0.870 bits per heavy atom. The lowest BCUT2D eigenvalue weighted by atomic mass is 10.2. The van der Waals surface area contributed by atoms with Crippen LogP contribution in [-0.2, 0) is 46.2 Å². The molecule has 12 heteroatoms. The van der Waals surface area contributed by atoms with Gasteiger partial charge in [-0.05, 0) is 83.4 Å². The molecule has 0 atom stereocenters. The van der Waals surface area contributed by atoms with Crippen LogP contribution in [0.1, 0.15) is 30.6 Å². The molecule has 4 aromatic heterocycles. The fourth-order valence-corrected chi connectivity index (χ4v) is 10.8. The number of sulfonamides is 2. The molecule has 0 saturated carbocycles. The molecule has 0 unspecified atom stereocenters. The largest absolute Gasteiger partial charge is 0.243 e. The monoisotopic (exact) mass is 726 g/mol. The van der Waals surface area contributed by atoms with Gasteiger partial charge in [-0.2, -0.15) is 8.61 Å². The van der Waals surface area contributed by atoms with Gasteiger partial charge in [0, 0.05) is 45.7 Å². The minimum Gasteiger partial charge on any atom is -0.207 e. The summed E-state index contributed by atoms with van der Waals surface area (Å²) in [6.07, 6.45) is 0. The third kappa shape index (κ3) is 8.90. The maximum atomic E-state index is 13.1. The molecule has 0 N–H and O–H groups in total. The van der Waals surface area contributed by atoms with Crippen LogP contribution in [0.4, 0.5) is 0 Å². The molecule has 0 fully saturated rings. The van der Waals surface area contributed by atoms with Gasteiger partial charge in [0.25, 0.3) is 0 Å². The van der Waals surface area contributed by atoms with E-state index in [4.69, 9.17) is 0 Å². The van der Waals surface area contributed by atoms with Crippen molar-refractivity contribution >= 4 is 65.4 Å². The van der Waals surface area contributed by atoms with Gasteiger partial charge >= 0.3 is 0 Å². The van der Waals surface area contributed by atoms with E-state index in [0.29, 0.717) is 36.0 Å². The van der Waals surface area contributed by atoms with Crippen LogP contribution in [0.3, 0.4) is 0 Å². The van der Waals surface area contributed by atoms with Crippen LogP contribution in [0.2, 0.25) is 0 Å². The number of benzene rings is 2. The Balaban J connectivity index is 0.000000181. The molecule has 0 aliphatic carbocycles. The molecule has 0 spiro atoms. The lowest BCUT2D eigenvalue weighted by molar-refractivity contribution is 0.406. The zero-order valence-electron chi connectivity index (χ0n) is 25.4. The van der Waals surface area contributed by atoms with Gasteiger partial charge in [-0.15, -0.1) is 45.3 Å². The second-order valence-corrected chi connectivity index (χ2v) is 18.4. The van der Waals surface area contributed by atoms with Gasteiger partial charge in [0.1, 0.15) is 0 Å². The first-order chi connectivity index (χ1) is 22.1. The zero-order valence-corrected chi connectivity index (χ0v) is 30.3. The molecule has 240 valence electrons. The molecule has 0 radical (unpaired) electrons. The summed E-state index contributed by atoms with van der Waals surface area (Å²) in [5.41, 5.74) is 1.82. The van der Waals surface area contributed by atoms with Crippen LogP contribution in [0.5, 0.6) is 0 Å². The van der Waals surface area contributed by atoms with E-state index in [1.54, 1.807) is 78.2 Å². The van der Waals surface area contributed by atoms with Crippen LogP contribution >= 0.6 is 45.3 Å². The summed E-state index contributed by atoms with van der Waals surface area (Å²) in [6, 6.07) is 29.8. The molecule has 6 nitrogen and oxygen atoms in total. The van der Waals surface area contributed by atoms with Gasteiger partial charge in [-0.1, -0.05) is 60.2 Å². The van der Waals surface area contributed by atoms with Crippen molar-refractivity contribution in [3.05, 3.63) is 149 Å². The number of thiophene rings is 4. The SMILES string of the molecule is Cc1ccc(S(=O)(=O)N(Cc2cccs2)Cc2cccs2)cc1.Cc1ccccc1S(=O)(=O)N(Cc1cccs1)Cc1cccs1. The van der Waals surface area contributed by atoms with E-state index in [1.165, 1.54) is 0 Å². The summed E-state index contributed by atoms with van der Waals surface area (Å²) in [7, 11) is -7.06. The summed E-state index contributed by atoms with van der Waals surface area (Å²) >= 11 is 6.30. The Hall–Kier alpha value is -2.94. The van der Waals surface area contributed by atoms with Crippen molar-refractivity contribution in [1.29, 1.82) is 0 Å². The lowest BCUT2D eigenvalue weighted by Crippen LogP contribution is -2.30. The van der Waals surface area contributed by atoms with E-state index in [-0.39, 0.29) is 0 Å². The van der Waals surface area contributed by atoms with E-state index in [2.05, 4.69) is 0 Å². The first-order valence-corrected chi connectivity index (χ1v) is 20.7. The number of hydrogen-bond acceptors (Lipinski definition) is 8. The van der Waals surface area contributed by atoms with Crippen molar-refractivity contribution < 1.29 is 16.8 Å². The molecule has 2 aromatic carbocycles. The van der Waals surface area contributed by atoms with E-state index in [9.17, 15) is 16.8 Å². The lowest BCUT2D eigenvalue weighted by Gasteiger charge is -2.22. The van der Waals surface area contributed by atoms with Crippen molar-refractivity contribution in [1.82, 2.24) is 8.61 Å². The average Bonchev–Trinajstić information content (AvgIpc) is 3.87. The van der Waals surface area contributed by atoms with Crippen LogP contribution in [0.25, 0.3) is 0 Å². The highest BCUT2D eigenvalue weighted by molar-refractivity contribution is 7.89. The van der Waals surface area contributed by atoms with E-state index >= 15 is 0 Å². The molecule has 0 bridgehead atoms. The van der Waals surface area contributed by atoms with Crippen LogP contribution < -0.4 is 0 Å². The summed E-state index contributed by atoms with van der Waals surface area (Å²) in [6.45, 7) is 5.36. The van der Waals surface area contributed by atoms with Crippen molar-refractivity contribution in [2.24, 2.45) is 0 Å². The summed E-state index contributed by atoms with van der Waals surface area (Å²) in [5, 5.41) is 7.88. The minimum atomic E-state index is -3.54. The fraction of sp³-hybridized carbons (Fsp3) is 0.176. The molecule has 46 heavy (non-hydrogen) atoms. The first kappa shape index (κ1) is 34.4. The first-order valence-electron chi connectivity index (χ1n) is 14.3. The van der Waals surface area contributed by atoms with Gasteiger partial charge < -0.3 is 0 Å². The zero-order chi connectivity index (χ0) is 32.6. The Kier molecular flexibility index (Phi) is 11.8. The topological polar surface area (TPSA) is 74.8 Å². The van der Waals surface area contributed by atoms with Crippen molar-refractivity contribution in [2.45, 2.75) is 49.8 Å². The van der Waals surface area contributed by atoms with Crippen LogP contribution in [-0.4, -0.2) is 25.4 Å². The van der Waals surface area contributed by atoms with Crippen molar-refractivity contribution in [3.8, 4) is 0 Å². The Bertz CT molecular complexity index is 1910. The fourth-order valence-electron chi connectivity index (χ4n) is 4.60. The highest BCUT2D eigenvalue weighted by Crippen LogP contribution is 2.27. The quantitative estimate of drug-likeness (QED) is 0.126. The predicted molar refractivity (Wildman–Crippen MR) is 192 cm³/mol. The number of rotatable bonds is 12. The Morgan fingerprint density at radius 3 is 1.24 bits per heavy atom. The maximum absolute atomic E-state index is 13.1. The molecule has 0 saturated heterocycles. The Labute approximate surface area is 288 Å². The van der Waals surface area contributed by atoms with Gasteiger partial charge in [-0.25, -0.2) is 16.8 Å². The average molecular weight is 727 g/mol. The van der Waals surface area contributed by atoms with Gasteiger partial charge in [-0.3, -0.25) is 0 Å². The van der Waals surface area contributed by atoms with E-state index in [0.717, 1.165) is 30.6 Å².